The number of hydrogen-bond donors (Lipinski definition) is 1. The molecule has 17 heavy (non-hydrogen) atoms. The molecule has 0 bridgehead atoms. The van der Waals surface area contributed by atoms with Crippen LogP contribution in [0.15, 0.2) is 24.3 Å². The molecule has 1 saturated heterocycles. The van der Waals surface area contributed by atoms with E-state index in [0.29, 0.717) is 5.41 Å². The Balaban J connectivity index is 1.74. The predicted molar refractivity (Wildman–Crippen MR) is 72.6 cm³/mol. The Morgan fingerprint density at radius 2 is 2.24 bits per heavy atom. The van der Waals surface area contributed by atoms with E-state index in [1.54, 1.807) is 0 Å². The molecule has 1 fully saturated rings. The number of rotatable bonds is 2. The Kier molecular flexibility index (Phi) is 2.83. The van der Waals surface area contributed by atoms with Gasteiger partial charge >= 0.3 is 0 Å². The summed E-state index contributed by atoms with van der Waals surface area (Å²) in [5.41, 5.74) is 3.45. The normalized spacial score (nSPS) is 28.2. The molecule has 0 amide bonds. The third-order valence-electron chi connectivity index (χ3n) is 4.24. The molecule has 0 saturated carbocycles. The summed E-state index contributed by atoms with van der Waals surface area (Å²) < 4.78 is 0. The van der Waals surface area contributed by atoms with Crippen LogP contribution in [0.1, 0.15) is 25.3 Å². The summed E-state index contributed by atoms with van der Waals surface area (Å²) >= 11 is 0. The van der Waals surface area contributed by atoms with Crippen LogP contribution in [0.2, 0.25) is 0 Å². The molecule has 0 radical (unpaired) electrons. The van der Waals surface area contributed by atoms with E-state index >= 15 is 0 Å². The van der Waals surface area contributed by atoms with Crippen molar-refractivity contribution in [2.24, 2.45) is 5.41 Å². The summed E-state index contributed by atoms with van der Waals surface area (Å²) in [7, 11) is 0. The lowest BCUT2D eigenvalue weighted by Gasteiger charge is -2.38. The molecule has 2 aliphatic rings. The Morgan fingerprint density at radius 1 is 1.35 bits per heavy atom. The number of nitrogens with zero attached hydrogens (tertiary/aromatic N) is 1. The lowest BCUT2D eigenvalue weighted by molar-refractivity contribution is 0.241. The van der Waals surface area contributed by atoms with Gasteiger partial charge in [-0.3, -0.25) is 0 Å². The van der Waals surface area contributed by atoms with Gasteiger partial charge in [0, 0.05) is 25.3 Å². The van der Waals surface area contributed by atoms with Crippen molar-refractivity contribution in [1.29, 1.82) is 0 Å². The number of hydrogen-bond acceptors (Lipinski definition) is 2. The monoisotopic (exact) mass is 230 g/mol. The molecule has 1 aromatic rings. The summed E-state index contributed by atoms with van der Waals surface area (Å²) in [5.74, 6) is 0. The van der Waals surface area contributed by atoms with Crippen LogP contribution < -0.4 is 10.2 Å². The van der Waals surface area contributed by atoms with Crippen LogP contribution in [-0.4, -0.2) is 26.2 Å². The molecule has 1 atom stereocenters. The number of fused-ring (bicyclic) bond motifs is 1. The summed E-state index contributed by atoms with van der Waals surface area (Å²) in [6.07, 6.45) is 3.91. The van der Waals surface area contributed by atoms with E-state index in [-0.39, 0.29) is 0 Å². The van der Waals surface area contributed by atoms with Crippen molar-refractivity contribution in [3.05, 3.63) is 29.8 Å². The molecule has 0 aliphatic carbocycles. The SMILES string of the molecule is CC1(CN2CCc3ccccc32)CCCNC1. The van der Waals surface area contributed by atoms with E-state index in [2.05, 4.69) is 41.4 Å². The van der Waals surface area contributed by atoms with Gasteiger partial charge in [-0.05, 0) is 42.9 Å². The Labute approximate surface area is 104 Å². The highest BCUT2D eigenvalue weighted by Gasteiger charge is 2.31. The zero-order valence-corrected chi connectivity index (χ0v) is 10.7. The summed E-state index contributed by atoms with van der Waals surface area (Å²) in [6.45, 7) is 7.21. The first-order valence-corrected chi connectivity index (χ1v) is 6.80. The van der Waals surface area contributed by atoms with Crippen molar-refractivity contribution in [2.45, 2.75) is 26.2 Å². The van der Waals surface area contributed by atoms with Gasteiger partial charge in [0.05, 0.1) is 0 Å². The molecule has 2 aliphatic heterocycles. The molecular formula is C15H22N2. The van der Waals surface area contributed by atoms with Crippen LogP contribution in [0.25, 0.3) is 0 Å². The summed E-state index contributed by atoms with van der Waals surface area (Å²) in [6, 6.07) is 8.88. The quantitative estimate of drug-likeness (QED) is 0.839. The fraction of sp³-hybridized carbons (Fsp3) is 0.600. The number of para-hydroxylation sites is 1. The maximum absolute atomic E-state index is 3.55. The molecule has 0 aromatic heterocycles. The molecule has 0 spiro atoms. The number of benzene rings is 1. The lowest BCUT2D eigenvalue weighted by Crippen LogP contribution is -2.45. The molecule has 1 unspecified atom stereocenters. The smallest absolute Gasteiger partial charge is 0.0399 e. The van der Waals surface area contributed by atoms with Gasteiger partial charge < -0.3 is 10.2 Å². The van der Waals surface area contributed by atoms with Crippen molar-refractivity contribution in [3.63, 3.8) is 0 Å². The average molecular weight is 230 g/mol. The predicted octanol–water partition coefficient (Wildman–Crippen LogP) is 2.44. The zero-order chi connectivity index (χ0) is 11.7. The van der Waals surface area contributed by atoms with E-state index in [1.165, 1.54) is 56.7 Å². The molecule has 2 heterocycles. The van der Waals surface area contributed by atoms with Crippen LogP contribution in [0, 0.1) is 5.41 Å². The van der Waals surface area contributed by atoms with Gasteiger partial charge in [0.1, 0.15) is 0 Å². The highest BCUT2D eigenvalue weighted by molar-refractivity contribution is 5.57. The van der Waals surface area contributed by atoms with E-state index < -0.39 is 0 Å². The van der Waals surface area contributed by atoms with E-state index in [0.717, 1.165) is 0 Å². The summed E-state index contributed by atoms with van der Waals surface area (Å²) in [5, 5.41) is 3.55. The molecule has 92 valence electrons. The summed E-state index contributed by atoms with van der Waals surface area (Å²) in [4.78, 5) is 2.59. The third kappa shape index (κ3) is 2.19. The van der Waals surface area contributed by atoms with Crippen molar-refractivity contribution in [2.75, 3.05) is 31.1 Å². The molecule has 1 aromatic carbocycles. The van der Waals surface area contributed by atoms with Gasteiger partial charge in [-0.25, -0.2) is 0 Å². The van der Waals surface area contributed by atoms with E-state index in [1.807, 2.05) is 0 Å². The second-order valence-electron chi connectivity index (χ2n) is 5.89. The molecule has 2 heteroatoms. The van der Waals surface area contributed by atoms with E-state index in [9.17, 15) is 0 Å². The van der Waals surface area contributed by atoms with Crippen LogP contribution >= 0.6 is 0 Å². The Bertz CT molecular complexity index is 394. The van der Waals surface area contributed by atoms with Crippen molar-refractivity contribution in [1.82, 2.24) is 5.32 Å². The van der Waals surface area contributed by atoms with Crippen LogP contribution in [0.3, 0.4) is 0 Å². The van der Waals surface area contributed by atoms with Gasteiger partial charge in [0.25, 0.3) is 0 Å². The highest BCUT2D eigenvalue weighted by Crippen LogP contribution is 2.33. The minimum atomic E-state index is 0.454. The molecule has 2 nitrogen and oxygen atoms in total. The molecule has 1 N–H and O–H groups in total. The third-order valence-corrected chi connectivity index (χ3v) is 4.24. The molecule has 3 rings (SSSR count). The maximum Gasteiger partial charge on any atom is 0.0399 e. The van der Waals surface area contributed by atoms with Gasteiger partial charge in [-0.1, -0.05) is 25.1 Å². The first kappa shape index (κ1) is 11.1. The Hall–Kier alpha value is -1.02. The van der Waals surface area contributed by atoms with Gasteiger partial charge in [-0.15, -0.1) is 0 Å². The van der Waals surface area contributed by atoms with Crippen LogP contribution in [0.4, 0.5) is 5.69 Å². The number of anilines is 1. The van der Waals surface area contributed by atoms with Gasteiger partial charge in [0.2, 0.25) is 0 Å². The topological polar surface area (TPSA) is 15.3 Å². The second-order valence-corrected chi connectivity index (χ2v) is 5.89. The maximum atomic E-state index is 3.55. The number of piperidine rings is 1. The lowest BCUT2D eigenvalue weighted by atomic mass is 9.82. The standard InChI is InChI=1S/C15H22N2/c1-15(8-4-9-16-11-15)12-17-10-7-13-5-2-3-6-14(13)17/h2-3,5-6,16H,4,7-12H2,1H3. The highest BCUT2D eigenvalue weighted by atomic mass is 15.2. The van der Waals surface area contributed by atoms with Crippen molar-refractivity contribution >= 4 is 5.69 Å². The fourth-order valence-electron chi connectivity index (χ4n) is 3.29. The van der Waals surface area contributed by atoms with Gasteiger partial charge in [0.15, 0.2) is 0 Å². The van der Waals surface area contributed by atoms with E-state index in [4.69, 9.17) is 0 Å². The van der Waals surface area contributed by atoms with Crippen molar-refractivity contribution in [3.8, 4) is 0 Å². The van der Waals surface area contributed by atoms with Crippen molar-refractivity contribution < 1.29 is 0 Å². The Morgan fingerprint density at radius 3 is 3.06 bits per heavy atom. The first-order valence-electron chi connectivity index (χ1n) is 6.80. The minimum absolute atomic E-state index is 0.454. The zero-order valence-electron chi connectivity index (χ0n) is 10.7. The molecular weight excluding hydrogens is 208 g/mol. The number of nitrogens with one attached hydrogen (secondary N) is 1. The van der Waals surface area contributed by atoms with Gasteiger partial charge in [-0.2, -0.15) is 0 Å². The first-order chi connectivity index (χ1) is 8.27. The second kappa shape index (κ2) is 4.34. The van der Waals surface area contributed by atoms with Crippen LogP contribution in [-0.2, 0) is 6.42 Å². The largest absolute Gasteiger partial charge is 0.370 e. The van der Waals surface area contributed by atoms with Crippen LogP contribution in [0.5, 0.6) is 0 Å². The average Bonchev–Trinajstić information content (AvgIpc) is 2.73. The minimum Gasteiger partial charge on any atom is -0.370 e. The fourth-order valence-corrected chi connectivity index (χ4v) is 3.29.